The number of urea groups is 1. The van der Waals surface area contributed by atoms with Crippen molar-refractivity contribution < 1.29 is 9.90 Å². The number of aromatic nitrogens is 2. The first-order valence-electron chi connectivity index (χ1n) is 8.58. The average Bonchev–Trinajstić information content (AvgIpc) is 2.83. The summed E-state index contributed by atoms with van der Waals surface area (Å²) in [7, 11) is 0. The lowest BCUT2D eigenvalue weighted by Crippen LogP contribution is -2.43. The number of hydrogen-bond acceptors (Lipinski definition) is 3. The Morgan fingerprint density at radius 2 is 1.76 bits per heavy atom. The van der Waals surface area contributed by atoms with Crippen molar-refractivity contribution in [2.45, 2.75) is 53.7 Å². The van der Waals surface area contributed by atoms with Gasteiger partial charge >= 0.3 is 6.03 Å². The molecule has 0 saturated carbocycles. The lowest BCUT2D eigenvalue weighted by molar-refractivity contribution is 0.125. The molecular weight excluding hydrogens is 316 g/mol. The number of anilines is 1. The molecule has 2 rings (SSSR count). The van der Waals surface area contributed by atoms with Crippen LogP contribution in [0.2, 0.25) is 0 Å². The number of aliphatic hydroxyl groups excluding tert-OH is 1. The predicted molar refractivity (Wildman–Crippen MR) is 100 cm³/mol. The van der Waals surface area contributed by atoms with Gasteiger partial charge in [0.25, 0.3) is 0 Å². The third kappa shape index (κ3) is 4.82. The topological polar surface area (TPSA) is 70.4 Å². The van der Waals surface area contributed by atoms with Gasteiger partial charge in [0.15, 0.2) is 5.82 Å². The molecule has 6 nitrogen and oxygen atoms in total. The maximum Gasteiger partial charge on any atom is 0.323 e. The molecule has 0 bridgehead atoms. The van der Waals surface area contributed by atoms with Gasteiger partial charge < -0.3 is 10.0 Å². The van der Waals surface area contributed by atoms with Gasteiger partial charge in [-0.2, -0.15) is 0 Å². The molecule has 1 aromatic carbocycles. The van der Waals surface area contributed by atoms with Gasteiger partial charge in [-0.15, -0.1) is 5.10 Å². The van der Waals surface area contributed by atoms with Gasteiger partial charge in [-0.3, -0.25) is 5.32 Å². The quantitative estimate of drug-likeness (QED) is 0.873. The molecule has 0 radical (unpaired) electrons. The molecular formula is C19H28N4O2. The van der Waals surface area contributed by atoms with Crippen LogP contribution in [0.4, 0.5) is 10.6 Å². The van der Waals surface area contributed by atoms with E-state index in [1.807, 2.05) is 31.5 Å². The van der Waals surface area contributed by atoms with E-state index in [0.717, 1.165) is 11.4 Å². The Morgan fingerprint density at radius 1 is 1.16 bits per heavy atom. The Balaban J connectivity index is 2.23. The first-order valence-corrected chi connectivity index (χ1v) is 8.58. The molecule has 136 valence electrons. The fraction of sp³-hybridized carbons (Fsp3) is 0.474. The van der Waals surface area contributed by atoms with Crippen molar-refractivity contribution >= 4 is 11.8 Å². The number of benzene rings is 1. The Morgan fingerprint density at radius 3 is 2.28 bits per heavy atom. The van der Waals surface area contributed by atoms with Crippen LogP contribution in [0, 0.1) is 20.8 Å². The summed E-state index contributed by atoms with van der Waals surface area (Å²) in [5, 5.41) is 16.9. The zero-order chi connectivity index (χ0) is 18.7. The number of rotatable bonds is 5. The van der Waals surface area contributed by atoms with E-state index in [2.05, 4.69) is 42.5 Å². The fourth-order valence-electron chi connectivity index (χ4n) is 2.86. The average molecular weight is 344 g/mol. The molecule has 1 unspecified atom stereocenters. The largest absolute Gasteiger partial charge is 0.392 e. The fourth-order valence-corrected chi connectivity index (χ4v) is 2.86. The molecule has 0 aliphatic rings. The van der Waals surface area contributed by atoms with Gasteiger partial charge in [0.1, 0.15) is 0 Å². The molecule has 2 amide bonds. The van der Waals surface area contributed by atoms with Crippen molar-refractivity contribution in [2.75, 3.05) is 11.9 Å². The number of amides is 2. The minimum Gasteiger partial charge on any atom is -0.392 e. The zero-order valence-corrected chi connectivity index (χ0v) is 15.9. The van der Waals surface area contributed by atoms with Crippen LogP contribution >= 0.6 is 0 Å². The molecule has 0 fully saturated rings. The van der Waals surface area contributed by atoms with Gasteiger partial charge in [-0.25, -0.2) is 9.48 Å². The van der Waals surface area contributed by atoms with Gasteiger partial charge in [-0.05, 0) is 64.8 Å². The van der Waals surface area contributed by atoms with Crippen molar-refractivity contribution in [3.8, 4) is 5.69 Å². The van der Waals surface area contributed by atoms with Crippen molar-refractivity contribution in [1.29, 1.82) is 0 Å². The molecule has 0 aliphatic carbocycles. The van der Waals surface area contributed by atoms with Crippen LogP contribution in [-0.2, 0) is 0 Å². The molecule has 1 aromatic heterocycles. The second kappa shape index (κ2) is 7.70. The van der Waals surface area contributed by atoms with Crippen molar-refractivity contribution in [3.63, 3.8) is 0 Å². The lowest BCUT2D eigenvalue weighted by atomic mass is 10.1. The molecule has 1 atom stereocenters. The van der Waals surface area contributed by atoms with E-state index in [0.29, 0.717) is 5.82 Å². The lowest BCUT2D eigenvalue weighted by Gasteiger charge is -2.27. The highest BCUT2D eigenvalue weighted by molar-refractivity contribution is 5.88. The van der Waals surface area contributed by atoms with E-state index in [1.165, 1.54) is 11.1 Å². The summed E-state index contributed by atoms with van der Waals surface area (Å²) in [4.78, 5) is 14.1. The Labute approximate surface area is 149 Å². The van der Waals surface area contributed by atoms with E-state index < -0.39 is 6.10 Å². The second-order valence-corrected chi connectivity index (χ2v) is 6.95. The highest BCUT2D eigenvalue weighted by Gasteiger charge is 2.20. The van der Waals surface area contributed by atoms with Crippen LogP contribution in [0.5, 0.6) is 0 Å². The van der Waals surface area contributed by atoms with Gasteiger partial charge in [-0.1, -0.05) is 6.07 Å². The number of nitrogens with one attached hydrogen (secondary N) is 1. The summed E-state index contributed by atoms with van der Waals surface area (Å²) in [6, 6.07) is 7.80. The Kier molecular flexibility index (Phi) is 5.85. The van der Waals surface area contributed by atoms with Crippen LogP contribution in [0.1, 0.15) is 37.6 Å². The third-order valence-corrected chi connectivity index (χ3v) is 3.92. The third-order valence-electron chi connectivity index (χ3n) is 3.92. The maximum atomic E-state index is 12.5. The molecule has 0 saturated heterocycles. The molecule has 2 N–H and O–H groups in total. The maximum absolute atomic E-state index is 12.5. The molecule has 0 spiro atoms. The monoisotopic (exact) mass is 344 g/mol. The highest BCUT2D eigenvalue weighted by Crippen LogP contribution is 2.18. The number of aryl methyl sites for hydroxylation is 3. The number of carbonyl (C=O) groups excluding carboxylic acids is 1. The van der Waals surface area contributed by atoms with Crippen molar-refractivity contribution in [2.24, 2.45) is 0 Å². The summed E-state index contributed by atoms with van der Waals surface area (Å²) in [6.07, 6.45) is -0.581. The number of carbonyl (C=O) groups is 1. The number of hydrogen-bond donors (Lipinski definition) is 2. The number of nitrogens with zero attached hydrogens (tertiary/aromatic N) is 3. The summed E-state index contributed by atoms with van der Waals surface area (Å²) in [6.45, 7) is 11.8. The van der Waals surface area contributed by atoms with Gasteiger partial charge in [0.2, 0.25) is 0 Å². The Hall–Kier alpha value is -2.34. The predicted octanol–water partition coefficient (Wildman–Crippen LogP) is 3.42. The van der Waals surface area contributed by atoms with Crippen LogP contribution in [0.25, 0.3) is 5.69 Å². The van der Waals surface area contributed by atoms with Gasteiger partial charge in [0.05, 0.1) is 11.8 Å². The van der Waals surface area contributed by atoms with Crippen LogP contribution in [0.15, 0.2) is 24.3 Å². The smallest absolute Gasteiger partial charge is 0.323 e. The summed E-state index contributed by atoms with van der Waals surface area (Å²) >= 11 is 0. The zero-order valence-electron chi connectivity index (χ0n) is 15.9. The van der Waals surface area contributed by atoms with E-state index in [-0.39, 0.29) is 18.6 Å². The number of aliphatic hydroxyl groups is 1. The van der Waals surface area contributed by atoms with E-state index in [1.54, 1.807) is 11.8 Å². The molecule has 1 heterocycles. The first-order chi connectivity index (χ1) is 11.7. The van der Waals surface area contributed by atoms with Gasteiger partial charge in [0, 0.05) is 24.3 Å². The summed E-state index contributed by atoms with van der Waals surface area (Å²) in [5.74, 6) is 0.498. The van der Waals surface area contributed by atoms with Crippen LogP contribution in [-0.4, -0.2) is 44.5 Å². The summed E-state index contributed by atoms with van der Waals surface area (Å²) < 4.78 is 1.82. The van der Waals surface area contributed by atoms with Crippen molar-refractivity contribution in [1.82, 2.24) is 14.7 Å². The van der Waals surface area contributed by atoms with E-state index >= 15 is 0 Å². The van der Waals surface area contributed by atoms with E-state index in [4.69, 9.17) is 0 Å². The molecule has 6 heteroatoms. The van der Waals surface area contributed by atoms with Crippen LogP contribution < -0.4 is 5.32 Å². The minimum absolute atomic E-state index is 0.0165. The SMILES string of the molecule is Cc1cc(C)cc(-n2nc(NC(=O)N(CC(C)O)C(C)C)cc2C)c1. The first kappa shape index (κ1) is 19.0. The normalized spacial score (nSPS) is 12.3. The van der Waals surface area contributed by atoms with E-state index in [9.17, 15) is 9.90 Å². The van der Waals surface area contributed by atoms with Crippen molar-refractivity contribution in [3.05, 3.63) is 41.1 Å². The minimum atomic E-state index is -0.581. The highest BCUT2D eigenvalue weighted by atomic mass is 16.3. The summed E-state index contributed by atoms with van der Waals surface area (Å²) in [5.41, 5.74) is 4.24. The Bertz CT molecular complexity index is 730. The molecule has 2 aromatic rings. The standard InChI is InChI=1S/C19H28N4O2/c1-12(2)22(11-16(6)24)19(25)20-18-10-15(5)23(21-18)17-8-13(3)7-14(4)9-17/h7-10,12,16,24H,11H2,1-6H3,(H,20,21,25). The molecule has 25 heavy (non-hydrogen) atoms. The molecule has 0 aliphatic heterocycles. The second-order valence-electron chi connectivity index (χ2n) is 6.95. The van der Waals surface area contributed by atoms with Crippen LogP contribution in [0.3, 0.4) is 0 Å².